The average molecular weight is 322 g/mol. The third-order valence-corrected chi connectivity index (χ3v) is 4.01. The van der Waals surface area contributed by atoms with Gasteiger partial charge in [0, 0.05) is 16.5 Å². The van der Waals surface area contributed by atoms with E-state index < -0.39 is 0 Å². The number of carbonyl (C=O) groups is 1. The van der Waals surface area contributed by atoms with Gasteiger partial charge in [-0.3, -0.25) is 0 Å². The number of ether oxygens (including phenoxy) is 1. The van der Waals surface area contributed by atoms with Gasteiger partial charge in [-0.15, -0.1) is 11.8 Å². The summed E-state index contributed by atoms with van der Waals surface area (Å²) >= 11 is 7.70. The Labute approximate surface area is 133 Å². The molecule has 0 saturated carbocycles. The fraction of sp³-hybridized carbons (Fsp3) is 0.188. The van der Waals surface area contributed by atoms with Gasteiger partial charge in [0.05, 0.1) is 18.4 Å². The molecule has 110 valence electrons. The second kappa shape index (κ2) is 7.38. The summed E-state index contributed by atoms with van der Waals surface area (Å²) in [6, 6.07) is 13.3. The van der Waals surface area contributed by atoms with Crippen molar-refractivity contribution in [1.29, 1.82) is 0 Å². The Balaban J connectivity index is 2.14. The molecule has 0 heterocycles. The van der Waals surface area contributed by atoms with E-state index in [9.17, 15) is 4.79 Å². The first-order chi connectivity index (χ1) is 10.1. The van der Waals surface area contributed by atoms with Gasteiger partial charge in [0.15, 0.2) is 0 Å². The Hall–Kier alpha value is -1.65. The van der Waals surface area contributed by atoms with Crippen LogP contribution in [0, 0.1) is 0 Å². The van der Waals surface area contributed by atoms with E-state index in [4.69, 9.17) is 16.3 Å². The number of thioether (sulfide) groups is 1. The van der Waals surface area contributed by atoms with Crippen LogP contribution in [0.2, 0.25) is 5.02 Å². The summed E-state index contributed by atoms with van der Waals surface area (Å²) in [5.74, 6) is -0.383. The van der Waals surface area contributed by atoms with Crippen molar-refractivity contribution >= 4 is 35.0 Å². The molecule has 2 aromatic carbocycles. The molecule has 0 unspecified atom stereocenters. The summed E-state index contributed by atoms with van der Waals surface area (Å²) in [7, 11) is 1.36. The van der Waals surface area contributed by atoms with E-state index in [2.05, 4.69) is 29.6 Å². The summed E-state index contributed by atoms with van der Waals surface area (Å²) in [5, 5.41) is 3.80. The summed E-state index contributed by atoms with van der Waals surface area (Å²) in [5.41, 5.74) is 2.27. The summed E-state index contributed by atoms with van der Waals surface area (Å²) in [6.45, 7) is 0.610. The first-order valence-corrected chi connectivity index (χ1v) is 7.99. The lowest BCUT2D eigenvalue weighted by Crippen LogP contribution is -2.08. The Kier molecular flexibility index (Phi) is 5.53. The minimum absolute atomic E-state index is 0.383. The summed E-state index contributed by atoms with van der Waals surface area (Å²) in [6.07, 6.45) is 2.04. The van der Waals surface area contributed by atoms with Crippen LogP contribution in [0.3, 0.4) is 0 Å². The monoisotopic (exact) mass is 321 g/mol. The molecular formula is C16H16ClNO2S. The number of nitrogens with one attached hydrogen (secondary N) is 1. The second-order valence-corrected chi connectivity index (χ2v) is 5.70. The van der Waals surface area contributed by atoms with Gasteiger partial charge in [0.1, 0.15) is 0 Å². The maximum atomic E-state index is 11.7. The second-order valence-electron chi connectivity index (χ2n) is 4.38. The SMILES string of the molecule is COC(=O)c1ccc(Cl)cc1NCc1ccc(SC)cc1. The van der Waals surface area contributed by atoms with E-state index in [-0.39, 0.29) is 5.97 Å². The molecule has 0 aliphatic rings. The number of rotatable bonds is 5. The lowest BCUT2D eigenvalue weighted by atomic mass is 10.1. The first-order valence-electron chi connectivity index (χ1n) is 6.38. The number of hydrogen-bond donors (Lipinski definition) is 1. The standard InChI is InChI=1S/C16H16ClNO2S/c1-20-16(19)14-8-5-12(17)9-15(14)18-10-11-3-6-13(21-2)7-4-11/h3-9,18H,10H2,1-2H3. The van der Waals surface area contributed by atoms with Crippen molar-refractivity contribution in [2.24, 2.45) is 0 Å². The van der Waals surface area contributed by atoms with Crippen LogP contribution in [0.15, 0.2) is 47.4 Å². The molecule has 0 bridgehead atoms. The normalized spacial score (nSPS) is 10.2. The molecule has 3 nitrogen and oxygen atoms in total. The molecule has 2 rings (SSSR count). The zero-order valence-corrected chi connectivity index (χ0v) is 13.4. The maximum Gasteiger partial charge on any atom is 0.339 e. The highest BCUT2D eigenvalue weighted by Gasteiger charge is 2.12. The lowest BCUT2D eigenvalue weighted by molar-refractivity contribution is 0.0602. The van der Waals surface area contributed by atoms with Gasteiger partial charge >= 0.3 is 5.97 Å². The molecule has 2 aromatic rings. The first kappa shape index (κ1) is 15.7. The average Bonchev–Trinajstić information content (AvgIpc) is 2.52. The number of hydrogen-bond acceptors (Lipinski definition) is 4. The van der Waals surface area contributed by atoms with E-state index in [0.29, 0.717) is 22.8 Å². The van der Waals surface area contributed by atoms with E-state index in [1.807, 2.05) is 6.26 Å². The topological polar surface area (TPSA) is 38.3 Å². The quantitative estimate of drug-likeness (QED) is 0.651. The van der Waals surface area contributed by atoms with Crippen molar-refractivity contribution in [3.8, 4) is 0 Å². The number of anilines is 1. The fourth-order valence-corrected chi connectivity index (χ4v) is 2.47. The van der Waals surface area contributed by atoms with E-state index >= 15 is 0 Å². The van der Waals surface area contributed by atoms with Gasteiger partial charge in [-0.1, -0.05) is 23.7 Å². The number of esters is 1. The number of benzene rings is 2. The highest BCUT2D eigenvalue weighted by molar-refractivity contribution is 7.98. The van der Waals surface area contributed by atoms with E-state index in [0.717, 1.165) is 5.56 Å². The van der Waals surface area contributed by atoms with Crippen LogP contribution in [-0.4, -0.2) is 19.3 Å². The van der Waals surface area contributed by atoms with Crippen molar-refractivity contribution in [3.05, 3.63) is 58.6 Å². The molecule has 0 aliphatic carbocycles. The van der Waals surface area contributed by atoms with Crippen LogP contribution in [0.25, 0.3) is 0 Å². The van der Waals surface area contributed by atoms with Gasteiger partial charge in [0.2, 0.25) is 0 Å². The number of halogens is 1. The summed E-state index contributed by atoms with van der Waals surface area (Å²) in [4.78, 5) is 13.0. The third-order valence-electron chi connectivity index (χ3n) is 3.03. The van der Waals surface area contributed by atoms with Gasteiger partial charge in [-0.05, 0) is 42.2 Å². The molecule has 21 heavy (non-hydrogen) atoms. The van der Waals surface area contributed by atoms with Crippen LogP contribution in [-0.2, 0) is 11.3 Å². The van der Waals surface area contributed by atoms with Gasteiger partial charge < -0.3 is 10.1 Å². The molecule has 0 amide bonds. The van der Waals surface area contributed by atoms with Crippen LogP contribution >= 0.6 is 23.4 Å². The molecule has 0 spiro atoms. The third kappa shape index (κ3) is 4.16. The van der Waals surface area contributed by atoms with Crippen LogP contribution in [0.4, 0.5) is 5.69 Å². The van der Waals surface area contributed by atoms with Gasteiger partial charge in [0.25, 0.3) is 0 Å². The predicted octanol–water partition coefficient (Wildman–Crippen LogP) is 4.46. The fourth-order valence-electron chi connectivity index (χ4n) is 1.89. The van der Waals surface area contributed by atoms with Crippen molar-refractivity contribution in [2.75, 3.05) is 18.7 Å². The molecular weight excluding hydrogens is 306 g/mol. The smallest absolute Gasteiger partial charge is 0.339 e. The number of methoxy groups -OCH3 is 1. The van der Waals surface area contributed by atoms with Gasteiger partial charge in [-0.25, -0.2) is 4.79 Å². The van der Waals surface area contributed by atoms with Gasteiger partial charge in [-0.2, -0.15) is 0 Å². The molecule has 1 N–H and O–H groups in total. The zero-order valence-electron chi connectivity index (χ0n) is 11.9. The molecule has 0 saturated heterocycles. The predicted molar refractivity (Wildman–Crippen MR) is 88.3 cm³/mol. The number of carbonyl (C=O) groups excluding carboxylic acids is 1. The van der Waals surface area contributed by atoms with Crippen molar-refractivity contribution in [2.45, 2.75) is 11.4 Å². The van der Waals surface area contributed by atoms with E-state index in [1.165, 1.54) is 12.0 Å². The zero-order chi connectivity index (χ0) is 15.2. The Morgan fingerprint density at radius 2 is 1.95 bits per heavy atom. The van der Waals surface area contributed by atoms with Crippen LogP contribution < -0.4 is 5.32 Å². The van der Waals surface area contributed by atoms with Crippen molar-refractivity contribution in [3.63, 3.8) is 0 Å². The van der Waals surface area contributed by atoms with Crippen LogP contribution in [0.1, 0.15) is 15.9 Å². The molecule has 0 radical (unpaired) electrons. The van der Waals surface area contributed by atoms with Crippen LogP contribution in [0.5, 0.6) is 0 Å². The molecule has 5 heteroatoms. The Morgan fingerprint density at radius 3 is 2.57 bits per heavy atom. The maximum absolute atomic E-state index is 11.7. The Bertz CT molecular complexity index is 629. The minimum atomic E-state index is -0.383. The Morgan fingerprint density at radius 1 is 1.24 bits per heavy atom. The lowest BCUT2D eigenvalue weighted by Gasteiger charge is -2.11. The van der Waals surface area contributed by atoms with E-state index in [1.54, 1.807) is 30.0 Å². The largest absolute Gasteiger partial charge is 0.465 e. The molecule has 0 aromatic heterocycles. The highest BCUT2D eigenvalue weighted by Crippen LogP contribution is 2.23. The molecule has 0 fully saturated rings. The highest BCUT2D eigenvalue weighted by atomic mass is 35.5. The van der Waals surface area contributed by atoms with Crippen molar-refractivity contribution < 1.29 is 9.53 Å². The summed E-state index contributed by atoms with van der Waals surface area (Å²) < 4.78 is 4.77. The molecule has 0 atom stereocenters. The van der Waals surface area contributed by atoms with Crippen molar-refractivity contribution in [1.82, 2.24) is 0 Å². The molecule has 0 aliphatic heterocycles. The minimum Gasteiger partial charge on any atom is -0.465 e.